The van der Waals surface area contributed by atoms with Crippen molar-refractivity contribution in [1.29, 1.82) is 0 Å². The lowest BCUT2D eigenvalue weighted by molar-refractivity contribution is -0.146. The van der Waals surface area contributed by atoms with Crippen molar-refractivity contribution in [2.24, 2.45) is 11.8 Å². The number of rotatable bonds is 13. The number of carbonyl (C=O) groups excluding carboxylic acids is 2. The fourth-order valence-corrected chi connectivity index (χ4v) is 5.11. The van der Waals surface area contributed by atoms with Crippen LogP contribution in [0.1, 0.15) is 91.9 Å². The zero-order chi connectivity index (χ0) is 23.3. The molecule has 1 aliphatic carbocycles. The third-order valence-corrected chi connectivity index (χ3v) is 6.76. The Morgan fingerprint density at radius 1 is 1.10 bits per heavy atom. The lowest BCUT2D eigenvalue weighted by atomic mass is 9.84. The van der Waals surface area contributed by atoms with Crippen LogP contribution in [-0.4, -0.2) is 43.6 Å². The first kappa shape index (κ1) is 27.8. The highest BCUT2D eigenvalue weighted by Crippen LogP contribution is 2.33. The zero-order valence-electron chi connectivity index (χ0n) is 20.1. The summed E-state index contributed by atoms with van der Waals surface area (Å²) in [4.78, 5) is 24.4. The van der Waals surface area contributed by atoms with E-state index in [9.17, 15) is 14.2 Å². The average molecular weight is 461 g/mol. The second-order valence-corrected chi connectivity index (χ2v) is 10.8. The van der Waals surface area contributed by atoms with Gasteiger partial charge in [-0.3, -0.25) is 4.79 Å². The van der Waals surface area contributed by atoms with Crippen molar-refractivity contribution in [1.82, 2.24) is 5.32 Å². The molecule has 180 valence electrons. The van der Waals surface area contributed by atoms with E-state index in [2.05, 4.69) is 12.2 Å². The quantitative estimate of drug-likeness (QED) is 0.207. The Bertz CT molecular complexity index is 557. The van der Waals surface area contributed by atoms with Gasteiger partial charge in [0.05, 0.1) is 19.1 Å². The minimum Gasteiger partial charge on any atom is -0.469 e. The number of esters is 1. The van der Waals surface area contributed by atoms with E-state index >= 15 is 0 Å². The lowest BCUT2D eigenvalue weighted by Crippen LogP contribution is -2.45. The van der Waals surface area contributed by atoms with Gasteiger partial charge in [-0.2, -0.15) is 0 Å². The molecule has 1 saturated carbocycles. The summed E-state index contributed by atoms with van der Waals surface area (Å²) in [6.45, 7) is 7.68. The van der Waals surface area contributed by atoms with Gasteiger partial charge in [-0.25, -0.2) is 4.79 Å². The van der Waals surface area contributed by atoms with E-state index in [1.54, 1.807) is 0 Å². The van der Waals surface area contributed by atoms with Crippen molar-refractivity contribution in [2.75, 3.05) is 19.9 Å². The van der Waals surface area contributed by atoms with Crippen LogP contribution in [0.3, 0.4) is 0 Å². The van der Waals surface area contributed by atoms with Crippen LogP contribution in [-0.2, 0) is 23.4 Å². The molecule has 3 atom stereocenters. The Hall–Kier alpha value is -1.20. The van der Waals surface area contributed by atoms with Gasteiger partial charge in [0.2, 0.25) is 0 Å². The molecule has 3 unspecified atom stereocenters. The molecule has 0 heterocycles. The Labute approximate surface area is 189 Å². The molecule has 31 heavy (non-hydrogen) atoms. The highest BCUT2D eigenvalue weighted by atomic mass is 31.1. The Morgan fingerprint density at radius 3 is 2.35 bits per heavy atom. The summed E-state index contributed by atoms with van der Waals surface area (Å²) in [5.41, 5.74) is -0.592. The Morgan fingerprint density at radius 2 is 1.77 bits per heavy atom. The molecule has 7 nitrogen and oxygen atoms in total. The van der Waals surface area contributed by atoms with Crippen molar-refractivity contribution >= 4 is 20.1 Å². The number of nitrogens with one attached hydrogen (secondary N) is 1. The fraction of sp³-hybridized carbons (Fsp3) is 0.913. The summed E-state index contributed by atoms with van der Waals surface area (Å²) in [6, 6.07) is -0.264. The van der Waals surface area contributed by atoms with Crippen LogP contribution in [0.4, 0.5) is 4.79 Å². The van der Waals surface area contributed by atoms with Crippen LogP contribution in [0, 0.1) is 11.8 Å². The molecule has 1 rings (SSSR count). The molecule has 0 aromatic carbocycles. The maximum atomic E-state index is 12.7. The molecule has 0 aromatic heterocycles. The maximum Gasteiger partial charge on any atom is 0.510 e. The van der Waals surface area contributed by atoms with Crippen molar-refractivity contribution in [3.05, 3.63) is 0 Å². The summed E-state index contributed by atoms with van der Waals surface area (Å²) >= 11 is 0. The van der Waals surface area contributed by atoms with Crippen LogP contribution in [0.5, 0.6) is 0 Å². The number of carbonyl (C=O) groups is 2. The molecule has 0 aromatic rings. The smallest absolute Gasteiger partial charge is 0.469 e. The average Bonchev–Trinajstić information content (AvgIpc) is 2.71. The normalized spacial score (nSPS) is 17.5. The standard InChI is InChI=1S/C23H42NO6P/c1-6-7-8-10-15-19(21(25)28-5)16-29-31(27)17-20(18-13-11-9-12-14-18)24-22(26)30-23(2,3)4/h18-20H,6-17H2,1-5H3/p+1. The predicted octanol–water partition coefficient (Wildman–Crippen LogP) is 5.98. The van der Waals surface area contributed by atoms with Crippen LogP contribution in [0.15, 0.2) is 0 Å². The van der Waals surface area contributed by atoms with E-state index in [-0.39, 0.29) is 30.7 Å². The van der Waals surface area contributed by atoms with Gasteiger partial charge in [0.1, 0.15) is 12.2 Å². The van der Waals surface area contributed by atoms with Gasteiger partial charge in [0.15, 0.2) is 6.16 Å². The molecule has 1 amide bonds. The monoisotopic (exact) mass is 460 g/mol. The fourth-order valence-electron chi connectivity index (χ4n) is 3.95. The molecule has 1 N–H and O–H groups in total. The molecule has 0 radical (unpaired) electrons. The van der Waals surface area contributed by atoms with Gasteiger partial charge in [0.25, 0.3) is 0 Å². The maximum absolute atomic E-state index is 12.7. The molecule has 0 aliphatic heterocycles. The van der Waals surface area contributed by atoms with E-state index < -0.39 is 25.6 Å². The summed E-state index contributed by atoms with van der Waals surface area (Å²) in [6.07, 6.45) is 10.0. The van der Waals surface area contributed by atoms with Crippen LogP contribution in [0.2, 0.25) is 0 Å². The van der Waals surface area contributed by atoms with Gasteiger partial charge in [0, 0.05) is 0 Å². The first-order chi connectivity index (χ1) is 14.7. The van der Waals surface area contributed by atoms with Gasteiger partial charge in [-0.05, 0) is 50.5 Å². The van der Waals surface area contributed by atoms with Crippen LogP contribution < -0.4 is 5.32 Å². The van der Waals surface area contributed by atoms with Crippen molar-refractivity contribution in [3.8, 4) is 0 Å². The molecular weight excluding hydrogens is 417 g/mol. The number of hydrogen-bond donors (Lipinski definition) is 1. The largest absolute Gasteiger partial charge is 0.510 e. The van der Waals surface area contributed by atoms with Crippen molar-refractivity contribution < 1.29 is 28.2 Å². The topological polar surface area (TPSA) is 90.9 Å². The van der Waals surface area contributed by atoms with E-state index in [0.29, 0.717) is 6.42 Å². The predicted molar refractivity (Wildman–Crippen MR) is 122 cm³/mol. The summed E-state index contributed by atoms with van der Waals surface area (Å²) in [7, 11) is -0.654. The van der Waals surface area contributed by atoms with Crippen LogP contribution >= 0.6 is 8.03 Å². The third-order valence-electron chi connectivity index (χ3n) is 5.63. The molecule has 8 heteroatoms. The Balaban J connectivity index is 2.64. The molecule has 1 aliphatic rings. The number of methoxy groups -OCH3 is 1. The van der Waals surface area contributed by atoms with E-state index in [4.69, 9.17) is 14.0 Å². The van der Waals surface area contributed by atoms with Gasteiger partial charge in [-0.1, -0.05) is 51.9 Å². The molecule has 0 saturated heterocycles. The molecule has 0 bridgehead atoms. The summed E-state index contributed by atoms with van der Waals surface area (Å²) < 4.78 is 28.6. The minimum atomic E-state index is -2.02. The highest BCUT2D eigenvalue weighted by molar-refractivity contribution is 7.39. The second-order valence-electron chi connectivity index (χ2n) is 9.53. The number of ether oxygens (including phenoxy) is 2. The first-order valence-electron chi connectivity index (χ1n) is 11.8. The second kappa shape index (κ2) is 14.8. The number of amides is 1. The van der Waals surface area contributed by atoms with Gasteiger partial charge in [-0.15, -0.1) is 4.52 Å². The lowest BCUT2D eigenvalue weighted by Gasteiger charge is -2.29. The SMILES string of the molecule is CCCCCCC(CO[P+](=O)CC(NC(=O)OC(C)(C)C)C1CCCCC1)C(=O)OC. The molecule has 0 spiro atoms. The van der Waals surface area contributed by atoms with Gasteiger partial charge >= 0.3 is 20.1 Å². The number of hydrogen-bond acceptors (Lipinski definition) is 6. The van der Waals surface area contributed by atoms with E-state index in [1.807, 2.05) is 20.8 Å². The number of unbranched alkanes of at least 4 members (excludes halogenated alkanes) is 3. The summed E-state index contributed by atoms with van der Waals surface area (Å²) in [5.74, 6) is -0.474. The highest BCUT2D eigenvalue weighted by Gasteiger charge is 2.35. The van der Waals surface area contributed by atoms with Crippen LogP contribution in [0.25, 0.3) is 0 Å². The summed E-state index contributed by atoms with van der Waals surface area (Å²) in [5, 5.41) is 2.93. The Kier molecular flexibility index (Phi) is 13.3. The van der Waals surface area contributed by atoms with Crippen molar-refractivity contribution in [3.63, 3.8) is 0 Å². The molecule has 1 fully saturated rings. The van der Waals surface area contributed by atoms with E-state index in [0.717, 1.165) is 51.4 Å². The first-order valence-corrected chi connectivity index (χ1v) is 13.2. The third kappa shape index (κ3) is 12.4. The number of alkyl carbamates (subject to hydrolysis) is 1. The van der Waals surface area contributed by atoms with Gasteiger partial charge < -0.3 is 14.8 Å². The molecular formula is C23H43NO6P+. The zero-order valence-corrected chi connectivity index (χ0v) is 21.0. The minimum absolute atomic E-state index is 0.0812. The van der Waals surface area contributed by atoms with E-state index in [1.165, 1.54) is 13.5 Å². The van der Waals surface area contributed by atoms with Crippen molar-refractivity contribution in [2.45, 2.75) is 104 Å².